The van der Waals surface area contributed by atoms with Crippen LogP contribution in [0.25, 0.3) is 0 Å². The Morgan fingerprint density at radius 2 is 1.94 bits per heavy atom. The number of benzene rings is 1. The Labute approximate surface area is 99.4 Å². The molecule has 5 nitrogen and oxygen atoms in total. The number of carbonyl (C=O) groups excluding carboxylic acids is 1. The molecule has 0 spiro atoms. The van der Waals surface area contributed by atoms with Crippen molar-refractivity contribution in [2.45, 2.75) is 25.3 Å². The van der Waals surface area contributed by atoms with Crippen molar-refractivity contribution in [3.8, 4) is 0 Å². The molecule has 1 atom stereocenters. The molecule has 0 aliphatic heterocycles. The summed E-state index contributed by atoms with van der Waals surface area (Å²) in [7, 11) is 0. The summed E-state index contributed by atoms with van der Waals surface area (Å²) in [6, 6.07) is 6.54. The number of rotatable bonds is 5. The number of aliphatic carboxylic acids is 1. The highest BCUT2D eigenvalue weighted by molar-refractivity contribution is 6.03. The molecule has 0 bridgehead atoms. The summed E-state index contributed by atoms with van der Waals surface area (Å²) < 4.78 is 0. The van der Waals surface area contributed by atoms with E-state index in [9.17, 15) is 9.59 Å². The second kappa shape index (κ2) is 4.97. The van der Waals surface area contributed by atoms with Crippen molar-refractivity contribution in [3.63, 3.8) is 0 Å². The van der Waals surface area contributed by atoms with E-state index < -0.39 is 11.5 Å². The fraction of sp³-hybridized carbons (Fsp3) is 0.333. The number of carboxylic acid groups (broad SMARTS) is 1. The minimum atomic E-state index is -1.53. The molecule has 0 aromatic heterocycles. The first kappa shape index (κ1) is 13.2. The van der Waals surface area contributed by atoms with Gasteiger partial charge in [0, 0.05) is 17.7 Å². The van der Waals surface area contributed by atoms with Gasteiger partial charge in [-0.05, 0) is 18.6 Å². The molecule has 0 amide bonds. The molecule has 1 aromatic rings. The maximum absolute atomic E-state index is 11.9. The van der Waals surface area contributed by atoms with Gasteiger partial charge in [0.05, 0.1) is 0 Å². The molecular weight excluding hydrogens is 220 g/mol. The SMILES string of the molecule is CCC(N)(CC(=O)c1ccccc1N)C(=O)O. The van der Waals surface area contributed by atoms with Crippen molar-refractivity contribution in [3.05, 3.63) is 29.8 Å². The largest absolute Gasteiger partial charge is 0.480 e. The Bertz CT molecular complexity index is 445. The number of ketones is 1. The second-order valence-electron chi connectivity index (χ2n) is 4.00. The smallest absolute Gasteiger partial charge is 0.324 e. The molecule has 0 saturated carbocycles. The average molecular weight is 236 g/mol. The van der Waals surface area contributed by atoms with Crippen LogP contribution in [-0.4, -0.2) is 22.4 Å². The van der Waals surface area contributed by atoms with Gasteiger partial charge in [-0.15, -0.1) is 0 Å². The predicted octanol–water partition coefficient (Wildman–Crippen LogP) is 1.03. The first-order valence-electron chi connectivity index (χ1n) is 5.30. The highest BCUT2D eigenvalue weighted by atomic mass is 16.4. The van der Waals surface area contributed by atoms with E-state index >= 15 is 0 Å². The Kier molecular flexibility index (Phi) is 3.85. The van der Waals surface area contributed by atoms with Crippen LogP contribution >= 0.6 is 0 Å². The number of carboxylic acids is 1. The van der Waals surface area contributed by atoms with E-state index in [4.69, 9.17) is 16.6 Å². The van der Waals surface area contributed by atoms with Crippen LogP contribution in [0.1, 0.15) is 30.1 Å². The maximum atomic E-state index is 11.9. The van der Waals surface area contributed by atoms with Crippen LogP contribution in [0.3, 0.4) is 0 Å². The number of nitrogens with two attached hydrogens (primary N) is 2. The molecule has 0 radical (unpaired) electrons. The zero-order valence-electron chi connectivity index (χ0n) is 9.64. The molecule has 92 valence electrons. The third-order valence-electron chi connectivity index (χ3n) is 2.79. The van der Waals surface area contributed by atoms with Crippen molar-refractivity contribution in [1.82, 2.24) is 0 Å². The van der Waals surface area contributed by atoms with Crippen LogP contribution in [0.5, 0.6) is 0 Å². The Hall–Kier alpha value is -1.88. The van der Waals surface area contributed by atoms with E-state index in [1.807, 2.05) is 0 Å². The van der Waals surface area contributed by atoms with Gasteiger partial charge in [-0.25, -0.2) is 0 Å². The number of para-hydroxylation sites is 1. The fourth-order valence-electron chi connectivity index (χ4n) is 1.48. The van der Waals surface area contributed by atoms with Crippen molar-refractivity contribution < 1.29 is 14.7 Å². The van der Waals surface area contributed by atoms with Gasteiger partial charge >= 0.3 is 5.97 Å². The lowest BCUT2D eigenvalue weighted by Crippen LogP contribution is -2.49. The molecule has 17 heavy (non-hydrogen) atoms. The van der Waals surface area contributed by atoms with Crippen LogP contribution in [0.4, 0.5) is 5.69 Å². The van der Waals surface area contributed by atoms with Gasteiger partial charge in [0.15, 0.2) is 5.78 Å². The minimum absolute atomic E-state index is 0.181. The predicted molar refractivity (Wildman–Crippen MR) is 64.6 cm³/mol. The zero-order valence-corrected chi connectivity index (χ0v) is 9.64. The lowest BCUT2D eigenvalue weighted by atomic mass is 9.88. The normalized spacial score (nSPS) is 14.0. The third kappa shape index (κ3) is 2.82. The zero-order chi connectivity index (χ0) is 13.1. The molecule has 1 unspecified atom stereocenters. The topological polar surface area (TPSA) is 106 Å². The monoisotopic (exact) mass is 236 g/mol. The number of hydrogen-bond donors (Lipinski definition) is 3. The van der Waals surface area contributed by atoms with E-state index in [1.54, 1.807) is 31.2 Å². The molecule has 1 rings (SSSR count). The van der Waals surface area contributed by atoms with Crippen LogP contribution in [0.15, 0.2) is 24.3 Å². The quantitative estimate of drug-likeness (QED) is 0.523. The van der Waals surface area contributed by atoms with E-state index in [2.05, 4.69) is 0 Å². The van der Waals surface area contributed by atoms with Crippen molar-refractivity contribution in [2.24, 2.45) is 5.73 Å². The lowest BCUT2D eigenvalue weighted by Gasteiger charge is -2.22. The Morgan fingerprint density at radius 1 is 1.35 bits per heavy atom. The average Bonchev–Trinajstić information content (AvgIpc) is 2.29. The van der Waals surface area contributed by atoms with Gasteiger partial charge in [0.1, 0.15) is 5.54 Å². The highest BCUT2D eigenvalue weighted by Crippen LogP contribution is 2.19. The van der Waals surface area contributed by atoms with Crippen molar-refractivity contribution in [1.29, 1.82) is 0 Å². The summed E-state index contributed by atoms with van der Waals surface area (Å²) in [4.78, 5) is 22.9. The number of carbonyl (C=O) groups is 2. The molecule has 0 aliphatic carbocycles. The van der Waals surface area contributed by atoms with Crippen LogP contribution in [-0.2, 0) is 4.79 Å². The fourth-order valence-corrected chi connectivity index (χ4v) is 1.48. The van der Waals surface area contributed by atoms with Gasteiger partial charge in [0.2, 0.25) is 0 Å². The lowest BCUT2D eigenvalue weighted by molar-refractivity contribution is -0.143. The summed E-state index contributed by atoms with van der Waals surface area (Å²) in [6.07, 6.45) is -0.0755. The van der Waals surface area contributed by atoms with Crippen LogP contribution in [0.2, 0.25) is 0 Å². The van der Waals surface area contributed by atoms with Crippen molar-refractivity contribution in [2.75, 3.05) is 5.73 Å². The second-order valence-corrected chi connectivity index (χ2v) is 4.00. The first-order valence-corrected chi connectivity index (χ1v) is 5.30. The molecule has 0 fully saturated rings. The van der Waals surface area contributed by atoms with Gasteiger partial charge in [-0.2, -0.15) is 0 Å². The van der Waals surface area contributed by atoms with E-state index in [0.717, 1.165) is 0 Å². The third-order valence-corrected chi connectivity index (χ3v) is 2.79. The van der Waals surface area contributed by atoms with Gasteiger partial charge < -0.3 is 16.6 Å². The highest BCUT2D eigenvalue weighted by Gasteiger charge is 2.35. The molecule has 0 saturated heterocycles. The summed E-state index contributed by atoms with van der Waals surface area (Å²) in [5.74, 6) is -1.53. The molecular formula is C12H16N2O3. The molecule has 5 N–H and O–H groups in total. The Morgan fingerprint density at radius 3 is 2.41 bits per heavy atom. The number of nitrogen functional groups attached to an aromatic ring is 1. The van der Waals surface area contributed by atoms with E-state index in [1.165, 1.54) is 0 Å². The molecule has 1 aromatic carbocycles. The minimum Gasteiger partial charge on any atom is -0.480 e. The van der Waals surface area contributed by atoms with Gasteiger partial charge in [-0.3, -0.25) is 9.59 Å². The molecule has 5 heteroatoms. The molecule has 0 heterocycles. The van der Waals surface area contributed by atoms with Crippen molar-refractivity contribution >= 4 is 17.4 Å². The maximum Gasteiger partial charge on any atom is 0.324 e. The summed E-state index contributed by atoms with van der Waals surface area (Å²) in [6.45, 7) is 1.63. The van der Waals surface area contributed by atoms with Gasteiger partial charge in [0.25, 0.3) is 0 Å². The van der Waals surface area contributed by atoms with Crippen LogP contribution in [0, 0.1) is 0 Å². The van der Waals surface area contributed by atoms with E-state index in [-0.39, 0.29) is 18.6 Å². The molecule has 0 aliphatic rings. The summed E-state index contributed by atoms with van der Waals surface area (Å²) in [5, 5.41) is 8.99. The summed E-state index contributed by atoms with van der Waals surface area (Å²) in [5.41, 5.74) is 10.4. The van der Waals surface area contributed by atoms with Gasteiger partial charge in [-0.1, -0.05) is 19.1 Å². The van der Waals surface area contributed by atoms with Crippen LogP contribution < -0.4 is 11.5 Å². The van der Waals surface area contributed by atoms with E-state index in [0.29, 0.717) is 11.3 Å². The number of Topliss-reactive ketones (excluding diaryl/α,β-unsaturated/α-hetero) is 1. The first-order chi connectivity index (χ1) is 7.90. The Balaban J connectivity index is 2.93. The number of anilines is 1. The number of hydrogen-bond acceptors (Lipinski definition) is 4. The summed E-state index contributed by atoms with van der Waals surface area (Å²) >= 11 is 0. The standard InChI is InChI=1S/C12H16N2O3/c1-2-12(14,11(16)17)7-10(15)8-5-3-4-6-9(8)13/h3-6H,2,7,13-14H2,1H3,(H,16,17).